The van der Waals surface area contributed by atoms with Gasteiger partial charge in [0.05, 0.1) is 4.88 Å². The molecule has 2 atom stereocenters. The van der Waals surface area contributed by atoms with Crippen molar-refractivity contribution in [1.29, 1.82) is 0 Å². The Kier molecular flexibility index (Phi) is 3.84. The van der Waals surface area contributed by atoms with Crippen LogP contribution < -0.4 is 0 Å². The van der Waals surface area contributed by atoms with Gasteiger partial charge in [0.15, 0.2) is 10.6 Å². The van der Waals surface area contributed by atoms with Crippen molar-refractivity contribution < 1.29 is 0 Å². The average Bonchev–Trinajstić information content (AvgIpc) is 3.03. The molecule has 0 saturated heterocycles. The summed E-state index contributed by atoms with van der Waals surface area (Å²) < 4.78 is 2.94. The fourth-order valence-corrected chi connectivity index (χ4v) is 3.91. The van der Waals surface area contributed by atoms with Crippen molar-refractivity contribution in [3.8, 4) is 10.7 Å². The topological polar surface area (TPSA) is 33.6 Å². The molecule has 0 spiro atoms. The van der Waals surface area contributed by atoms with E-state index >= 15 is 0 Å². The van der Waals surface area contributed by atoms with Gasteiger partial charge in [0, 0.05) is 6.54 Å². The highest BCUT2D eigenvalue weighted by Gasteiger charge is 2.23. The summed E-state index contributed by atoms with van der Waals surface area (Å²) in [4.78, 5) is 1.19. The van der Waals surface area contributed by atoms with E-state index < -0.39 is 0 Å². The molecule has 0 bridgehead atoms. The third kappa shape index (κ3) is 2.67. The number of nitrogens with zero attached hydrogens (tertiary/aromatic N) is 2. The first-order valence-corrected chi connectivity index (χ1v) is 8.23. The quantitative estimate of drug-likeness (QED) is 0.846. The molecular formula is C14H19N3S2. The van der Waals surface area contributed by atoms with Gasteiger partial charge in [0.1, 0.15) is 0 Å². The largest absolute Gasteiger partial charge is 0.299 e. The number of H-pyrrole nitrogens is 1. The molecule has 102 valence electrons. The summed E-state index contributed by atoms with van der Waals surface area (Å²) in [5.74, 6) is 2.52. The van der Waals surface area contributed by atoms with Gasteiger partial charge < -0.3 is 0 Å². The zero-order chi connectivity index (χ0) is 13.2. The summed E-state index contributed by atoms with van der Waals surface area (Å²) in [5.41, 5.74) is 0. The standard InChI is InChI=1S/C14H19N3S2/c1-10-5-2-3-6-11(10)9-17-13(15-16-14(17)18)12-7-4-8-19-12/h4,7-8,10-11H,2-3,5-6,9H2,1H3,(H,16,18). The fourth-order valence-electron chi connectivity index (χ4n) is 2.98. The normalized spacial score (nSPS) is 23.6. The van der Waals surface area contributed by atoms with Crippen LogP contribution in [0.2, 0.25) is 0 Å². The van der Waals surface area contributed by atoms with Crippen molar-refractivity contribution in [3.05, 3.63) is 22.3 Å². The van der Waals surface area contributed by atoms with E-state index in [1.807, 2.05) is 0 Å². The molecule has 1 fully saturated rings. The maximum absolute atomic E-state index is 5.40. The van der Waals surface area contributed by atoms with Crippen LogP contribution in [0.1, 0.15) is 32.6 Å². The van der Waals surface area contributed by atoms with Crippen LogP contribution in [0.25, 0.3) is 10.7 Å². The van der Waals surface area contributed by atoms with Crippen LogP contribution in [-0.2, 0) is 6.54 Å². The predicted molar refractivity (Wildman–Crippen MR) is 81.8 cm³/mol. The molecule has 3 rings (SSSR count). The van der Waals surface area contributed by atoms with Crippen LogP contribution >= 0.6 is 23.6 Å². The second kappa shape index (κ2) is 5.59. The highest BCUT2D eigenvalue weighted by Crippen LogP contribution is 2.32. The lowest BCUT2D eigenvalue weighted by Gasteiger charge is -2.29. The first-order valence-electron chi connectivity index (χ1n) is 6.95. The van der Waals surface area contributed by atoms with Gasteiger partial charge in [0.25, 0.3) is 0 Å². The first-order chi connectivity index (χ1) is 9.25. The Morgan fingerprint density at radius 2 is 2.32 bits per heavy atom. The van der Waals surface area contributed by atoms with Crippen LogP contribution in [0.3, 0.4) is 0 Å². The number of hydrogen-bond donors (Lipinski definition) is 1. The Hall–Kier alpha value is -0.940. The van der Waals surface area contributed by atoms with Crippen LogP contribution in [0.4, 0.5) is 0 Å². The van der Waals surface area contributed by atoms with Crippen molar-refractivity contribution in [1.82, 2.24) is 14.8 Å². The zero-order valence-corrected chi connectivity index (χ0v) is 12.8. The van der Waals surface area contributed by atoms with Crippen molar-refractivity contribution in [2.75, 3.05) is 0 Å². The minimum Gasteiger partial charge on any atom is -0.299 e. The van der Waals surface area contributed by atoms with Gasteiger partial charge in [0.2, 0.25) is 0 Å². The maximum Gasteiger partial charge on any atom is 0.195 e. The Balaban J connectivity index is 1.88. The molecule has 3 nitrogen and oxygen atoms in total. The highest BCUT2D eigenvalue weighted by molar-refractivity contribution is 7.71. The molecule has 19 heavy (non-hydrogen) atoms. The molecule has 0 radical (unpaired) electrons. The summed E-state index contributed by atoms with van der Waals surface area (Å²) in [6, 6.07) is 4.17. The van der Waals surface area contributed by atoms with Crippen molar-refractivity contribution in [2.45, 2.75) is 39.2 Å². The molecule has 0 aliphatic heterocycles. The summed E-state index contributed by atoms with van der Waals surface area (Å²) in [7, 11) is 0. The number of nitrogens with one attached hydrogen (secondary N) is 1. The monoisotopic (exact) mass is 293 g/mol. The Morgan fingerprint density at radius 1 is 1.47 bits per heavy atom. The second-order valence-corrected chi connectivity index (χ2v) is 6.80. The third-order valence-corrected chi connectivity index (χ3v) is 5.38. The van der Waals surface area contributed by atoms with Crippen LogP contribution in [0.5, 0.6) is 0 Å². The predicted octanol–water partition coefficient (Wildman–Crippen LogP) is 4.50. The van der Waals surface area contributed by atoms with Gasteiger partial charge in [-0.1, -0.05) is 32.3 Å². The first kappa shape index (κ1) is 13.1. The van der Waals surface area contributed by atoms with E-state index in [2.05, 4.69) is 39.2 Å². The lowest BCUT2D eigenvalue weighted by atomic mass is 9.80. The minimum absolute atomic E-state index is 0.733. The smallest absolute Gasteiger partial charge is 0.195 e. The Labute approximate surface area is 122 Å². The third-order valence-electron chi connectivity index (χ3n) is 4.21. The summed E-state index contributed by atoms with van der Waals surface area (Å²) in [6.07, 6.45) is 5.41. The Bertz CT molecular complexity index is 582. The number of hydrogen-bond acceptors (Lipinski definition) is 3. The van der Waals surface area contributed by atoms with E-state index in [4.69, 9.17) is 12.2 Å². The molecule has 0 amide bonds. The maximum atomic E-state index is 5.40. The van der Waals surface area contributed by atoms with Gasteiger partial charge >= 0.3 is 0 Å². The van der Waals surface area contributed by atoms with Crippen LogP contribution in [0, 0.1) is 16.6 Å². The number of rotatable bonds is 3. The van der Waals surface area contributed by atoms with E-state index in [-0.39, 0.29) is 0 Å². The molecule has 1 N–H and O–H groups in total. The van der Waals surface area contributed by atoms with Gasteiger partial charge in [-0.15, -0.1) is 11.3 Å². The number of aromatic nitrogens is 3. The molecular weight excluding hydrogens is 274 g/mol. The lowest BCUT2D eigenvalue weighted by molar-refractivity contribution is 0.228. The second-order valence-electron chi connectivity index (χ2n) is 5.46. The summed E-state index contributed by atoms with van der Waals surface area (Å²) >= 11 is 7.12. The van der Waals surface area contributed by atoms with Crippen molar-refractivity contribution in [2.24, 2.45) is 11.8 Å². The molecule has 2 aromatic heterocycles. The van der Waals surface area contributed by atoms with E-state index in [1.54, 1.807) is 11.3 Å². The van der Waals surface area contributed by atoms with Crippen molar-refractivity contribution >= 4 is 23.6 Å². The van der Waals surface area contributed by atoms with Gasteiger partial charge in [-0.25, -0.2) is 0 Å². The van der Waals surface area contributed by atoms with Crippen molar-refractivity contribution in [3.63, 3.8) is 0 Å². The molecule has 1 saturated carbocycles. The molecule has 2 unspecified atom stereocenters. The highest BCUT2D eigenvalue weighted by atomic mass is 32.1. The van der Waals surface area contributed by atoms with E-state index in [0.717, 1.165) is 29.0 Å². The van der Waals surface area contributed by atoms with Gasteiger partial charge in [-0.2, -0.15) is 5.10 Å². The van der Waals surface area contributed by atoms with Crippen LogP contribution in [0.15, 0.2) is 17.5 Å². The van der Waals surface area contributed by atoms with E-state index in [0.29, 0.717) is 0 Å². The van der Waals surface area contributed by atoms with Gasteiger partial charge in [-0.05, 0) is 41.9 Å². The average molecular weight is 293 g/mol. The number of aromatic amines is 1. The molecule has 1 aliphatic carbocycles. The van der Waals surface area contributed by atoms with E-state index in [9.17, 15) is 0 Å². The zero-order valence-electron chi connectivity index (χ0n) is 11.1. The molecule has 2 heterocycles. The SMILES string of the molecule is CC1CCCCC1Cn1c(-c2cccs2)n[nH]c1=S. The molecule has 1 aliphatic rings. The van der Waals surface area contributed by atoms with Crippen LogP contribution in [-0.4, -0.2) is 14.8 Å². The summed E-state index contributed by atoms with van der Waals surface area (Å²) in [5, 5.41) is 9.44. The van der Waals surface area contributed by atoms with Gasteiger partial charge in [-0.3, -0.25) is 9.67 Å². The Morgan fingerprint density at radius 3 is 3.05 bits per heavy atom. The van der Waals surface area contributed by atoms with E-state index in [1.165, 1.54) is 30.6 Å². The molecule has 5 heteroatoms. The lowest BCUT2D eigenvalue weighted by Crippen LogP contribution is -2.22. The molecule has 2 aromatic rings. The molecule has 0 aromatic carbocycles. The summed E-state index contributed by atoms with van der Waals surface area (Å²) in [6.45, 7) is 3.38. The fraction of sp³-hybridized carbons (Fsp3) is 0.571. The minimum atomic E-state index is 0.733. The number of thiophene rings is 1.